The van der Waals surface area contributed by atoms with E-state index in [2.05, 4.69) is 27.9 Å². The molecule has 1 aromatic rings. The van der Waals surface area contributed by atoms with Gasteiger partial charge in [-0.25, -0.2) is 0 Å². The zero-order chi connectivity index (χ0) is 20.4. The molecule has 1 saturated carbocycles. The monoisotopic (exact) mass is 390 g/mol. The molecule has 0 heterocycles. The van der Waals surface area contributed by atoms with Crippen molar-refractivity contribution in [3.63, 3.8) is 0 Å². The fraction of sp³-hybridized carbons (Fsp3) is 0.619. The Labute approximate surface area is 168 Å². The highest BCUT2D eigenvalue weighted by atomic mass is 16.5. The molecule has 0 bridgehead atoms. The second kappa shape index (κ2) is 11.4. The maximum Gasteiger partial charge on any atom is 0.223 e. The number of rotatable bonds is 11. The van der Waals surface area contributed by atoms with Crippen LogP contribution in [-0.2, 0) is 4.79 Å². The smallest absolute Gasteiger partial charge is 0.223 e. The maximum absolute atomic E-state index is 11.7. The number of carbonyl (C=O) groups is 1. The molecule has 3 N–H and O–H groups in total. The van der Waals surface area contributed by atoms with Gasteiger partial charge in [0.2, 0.25) is 5.91 Å². The van der Waals surface area contributed by atoms with Crippen molar-refractivity contribution >= 4 is 11.9 Å². The Balaban J connectivity index is 1.95. The quantitative estimate of drug-likeness (QED) is 0.307. The third kappa shape index (κ3) is 6.94. The molecule has 0 spiro atoms. The summed E-state index contributed by atoms with van der Waals surface area (Å²) >= 11 is 0. The van der Waals surface area contributed by atoms with E-state index in [1.807, 2.05) is 39.0 Å². The molecule has 28 heavy (non-hydrogen) atoms. The lowest BCUT2D eigenvalue weighted by atomic mass is 10.1. The largest absolute Gasteiger partial charge is 0.490 e. The van der Waals surface area contributed by atoms with Crippen molar-refractivity contribution in [1.29, 1.82) is 0 Å². The van der Waals surface area contributed by atoms with Crippen LogP contribution in [0.5, 0.6) is 11.5 Å². The normalized spacial score (nSPS) is 14.9. The van der Waals surface area contributed by atoms with Crippen molar-refractivity contribution in [2.75, 3.05) is 32.8 Å². The molecule has 7 nitrogen and oxygen atoms in total. The molecule has 1 amide bonds. The van der Waals surface area contributed by atoms with Crippen LogP contribution in [-0.4, -0.2) is 44.7 Å². The van der Waals surface area contributed by atoms with Gasteiger partial charge in [0.25, 0.3) is 0 Å². The molecule has 0 aromatic heterocycles. The number of amides is 1. The Hall–Kier alpha value is -2.44. The van der Waals surface area contributed by atoms with E-state index in [1.54, 1.807) is 0 Å². The van der Waals surface area contributed by atoms with Gasteiger partial charge in [0, 0.05) is 19.0 Å². The summed E-state index contributed by atoms with van der Waals surface area (Å²) in [6, 6.07) is 6.02. The Kier molecular flexibility index (Phi) is 8.91. The van der Waals surface area contributed by atoms with Crippen molar-refractivity contribution in [3.8, 4) is 11.5 Å². The Bertz CT molecular complexity index is 659. The zero-order valence-electron chi connectivity index (χ0n) is 17.5. The SMILES string of the molecule is CCNC(=NCCNC(=O)C1CC1)NC(C)c1ccc(OCC)c(OCC)c1. The van der Waals surface area contributed by atoms with Gasteiger partial charge < -0.3 is 25.4 Å². The van der Waals surface area contributed by atoms with Gasteiger partial charge in [0.1, 0.15) is 0 Å². The number of nitrogens with zero attached hydrogens (tertiary/aromatic N) is 1. The van der Waals surface area contributed by atoms with Crippen molar-refractivity contribution in [2.45, 2.75) is 46.6 Å². The number of benzene rings is 1. The minimum Gasteiger partial charge on any atom is -0.490 e. The first-order valence-electron chi connectivity index (χ1n) is 10.3. The van der Waals surface area contributed by atoms with Gasteiger partial charge in [0.05, 0.1) is 25.8 Å². The molecular formula is C21H34N4O3. The standard InChI is InChI=1S/C21H34N4O3/c1-5-22-21(24-13-12-23-20(26)16-8-9-16)25-15(4)17-10-11-18(27-6-2)19(14-17)28-7-3/h10-11,14-16H,5-9,12-13H2,1-4H3,(H,23,26)(H2,22,24,25). The highest BCUT2D eigenvalue weighted by Gasteiger charge is 2.28. The third-order valence-electron chi connectivity index (χ3n) is 4.39. The van der Waals surface area contributed by atoms with Crippen LogP contribution in [0.3, 0.4) is 0 Å². The second-order valence-electron chi connectivity index (χ2n) is 6.76. The van der Waals surface area contributed by atoms with Crippen molar-refractivity contribution in [3.05, 3.63) is 23.8 Å². The lowest BCUT2D eigenvalue weighted by Gasteiger charge is -2.20. The average Bonchev–Trinajstić information content (AvgIpc) is 3.52. The summed E-state index contributed by atoms with van der Waals surface area (Å²) < 4.78 is 11.4. The molecule has 1 aliphatic carbocycles. The second-order valence-corrected chi connectivity index (χ2v) is 6.76. The average molecular weight is 391 g/mol. The third-order valence-corrected chi connectivity index (χ3v) is 4.39. The van der Waals surface area contributed by atoms with Gasteiger partial charge in [-0.15, -0.1) is 0 Å². The topological polar surface area (TPSA) is 84.0 Å². The minimum absolute atomic E-state index is 0.0359. The molecule has 0 aliphatic heterocycles. The van der Waals surface area contributed by atoms with E-state index in [4.69, 9.17) is 9.47 Å². The molecule has 7 heteroatoms. The van der Waals surface area contributed by atoms with Gasteiger partial charge in [-0.3, -0.25) is 9.79 Å². The molecule has 1 aliphatic rings. The number of hydrogen-bond donors (Lipinski definition) is 3. The van der Waals surface area contributed by atoms with Gasteiger partial charge in [-0.2, -0.15) is 0 Å². The van der Waals surface area contributed by atoms with Crippen LogP contribution in [0.4, 0.5) is 0 Å². The number of guanidine groups is 1. The van der Waals surface area contributed by atoms with Gasteiger partial charge >= 0.3 is 0 Å². The Morgan fingerprint density at radius 1 is 1.14 bits per heavy atom. The first-order valence-corrected chi connectivity index (χ1v) is 10.3. The van der Waals surface area contributed by atoms with E-state index in [1.165, 1.54) is 0 Å². The van der Waals surface area contributed by atoms with Crippen LogP contribution in [0.1, 0.15) is 52.1 Å². The number of carbonyl (C=O) groups excluding carboxylic acids is 1. The summed E-state index contributed by atoms with van der Waals surface area (Å²) in [4.78, 5) is 16.2. The Morgan fingerprint density at radius 2 is 1.86 bits per heavy atom. The summed E-state index contributed by atoms with van der Waals surface area (Å²) in [6.07, 6.45) is 2.03. The van der Waals surface area contributed by atoms with E-state index < -0.39 is 0 Å². The van der Waals surface area contributed by atoms with Crippen LogP contribution in [0, 0.1) is 5.92 Å². The molecule has 1 atom stereocenters. The predicted octanol–water partition coefficient (Wildman–Crippen LogP) is 2.63. The minimum atomic E-state index is 0.0359. The molecular weight excluding hydrogens is 356 g/mol. The first kappa shape index (κ1) is 21.9. The number of ether oxygens (including phenoxy) is 2. The molecule has 0 saturated heterocycles. The molecule has 1 aromatic carbocycles. The van der Waals surface area contributed by atoms with Crippen molar-refractivity contribution in [2.24, 2.45) is 10.9 Å². The van der Waals surface area contributed by atoms with E-state index >= 15 is 0 Å². The highest BCUT2D eigenvalue weighted by Crippen LogP contribution is 2.30. The number of hydrogen-bond acceptors (Lipinski definition) is 4. The maximum atomic E-state index is 11.7. The van der Waals surface area contributed by atoms with Crippen LogP contribution in [0.2, 0.25) is 0 Å². The zero-order valence-corrected chi connectivity index (χ0v) is 17.5. The fourth-order valence-corrected chi connectivity index (χ4v) is 2.78. The lowest BCUT2D eigenvalue weighted by molar-refractivity contribution is -0.122. The summed E-state index contributed by atoms with van der Waals surface area (Å²) in [5.41, 5.74) is 1.08. The van der Waals surface area contributed by atoms with Crippen LogP contribution in [0.25, 0.3) is 0 Å². The summed E-state index contributed by atoms with van der Waals surface area (Å²) in [6.45, 7) is 11.1. The number of nitrogens with one attached hydrogen (secondary N) is 3. The Morgan fingerprint density at radius 3 is 2.50 bits per heavy atom. The van der Waals surface area contributed by atoms with E-state index in [-0.39, 0.29) is 17.9 Å². The van der Waals surface area contributed by atoms with Crippen molar-refractivity contribution in [1.82, 2.24) is 16.0 Å². The van der Waals surface area contributed by atoms with Crippen LogP contribution < -0.4 is 25.4 Å². The molecule has 1 unspecified atom stereocenters. The lowest BCUT2D eigenvalue weighted by Crippen LogP contribution is -2.39. The summed E-state index contributed by atoms with van der Waals surface area (Å²) in [7, 11) is 0. The fourth-order valence-electron chi connectivity index (χ4n) is 2.78. The van der Waals surface area contributed by atoms with E-state index in [0.29, 0.717) is 26.3 Å². The molecule has 2 rings (SSSR count). The van der Waals surface area contributed by atoms with Crippen LogP contribution >= 0.6 is 0 Å². The van der Waals surface area contributed by atoms with Crippen molar-refractivity contribution < 1.29 is 14.3 Å². The van der Waals surface area contributed by atoms with Gasteiger partial charge in [0.15, 0.2) is 17.5 Å². The summed E-state index contributed by atoms with van der Waals surface area (Å²) in [5.74, 6) is 2.61. The molecule has 0 radical (unpaired) electrons. The first-order chi connectivity index (χ1) is 13.6. The highest BCUT2D eigenvalue weighted by molar-refractivity contribution is 5.81. The molecule has 156 valence electrons. The van der Waals surface area contributed by atoms with E-state index in [9.17, 15) is 4.79 Å². The van der Waals surface area contributed by atoms with Crippen LogP contribution in [0.15, 0.2) is 23.2 Å². The summed E-state index contributed by atoms with van der Waals surface area (Å²) in [5, 5.41) is 9.59. The van der Waals surface area contributed by atoms with E-state index in [0.717, 1.165) is 42.4 Å². The van der Waals surface area contributed by atoms with Gasteiger partial charge in [-0.1, -0.05) is 6.07 Å². The predicted molar refractivity (Wildman–Crippen MR) is 112 cm³/mol. The molecule has 1 fully saturated rings. The van der Waals surface area contributed by atoms with Gasteiger partial charge in [-0.05, 0) is 58.2 Å². The number of aliphatic imine (C=N–C) groups is 1.